The van der Waals surface area contributed by atoms with Crippen LogP contribution in [-0.4, -0.2) is 45.7 Å². The van der Waals surface area contributed by atoms with E-state index in [1.165, 1.54) is 0 Å². The lowest BCUT2D eigenvalue weighted by molar-refractivity contribution is 0.317. The summed E-state index contributed by atoms with van der Waals surface area (Å²) in [5.74, 6) is 0.858. The number of ether oxygens (including phenoxy) is 1. The molecule has 4 heteroatoms. The smallest absolute Gasteiger partial charge is 0.123 e. The maximum atomic E-state index is 5.93. The average molecular weight is 265 g/mol. The van der Waals surface area contributed by atoms with Crippen molar-refractivity contribution >= 4 is 11.4 Å². The SMILES string of the molecule is CCCOc1cc(N)cc(N(C)CCCN(C)C)c1. The highest BCUT2D eigenvalue weighted by atomic mass is 16.5. The van der Waals surface area contributed by atoms with Gasteiger partial charge in [0.1, 0.15) is 5.75 Å². The minimum absolute atomic E-state index is 0.729. The second-order valence-corrected chi connectivity index (χ2v) is 5.19. The van der Waals surface area contributed by atoms with Crippen LogP contribution in [0.25, 0.3) is 0 Å². The number of hydrogen-bond acceptors (Lipinski definition) is 4. The van der Waals surface area contributed by atoms with E-state index < -0.39 is 0 Å². The lowest BCUT2D eigenvalue weighted by Crippen LogP contribution is -2.23. The maximum absolute atomic E-state index is 5.93. The first kappa shape index (κ1) is 15.6. The molecule has 4 nitrogen and oxygen atoms in total. The number of nitrogens with zero attached hydrogens (tertiary/aromatic N) is 2. The molecule has 0 bridgehead atoms. The van der Waals surface area contributed by atoms with Gasteiger partial charge >= 0.3 is 0 Å². The van der Waals surface area contributed by atoms with Crippen LogP contribution in [0.1, 0.15) is 19.8 Å². The summed E-state index contributed by atoms with van der Waals surface area (Å²) in [7, 11) is 6.28. The third-order valence-corrected chi connectivity index (χ3v) is 2.93. The van der Waals surface area contributed by atoms with Gasteiger partial charge in [0.05, 0.1) is 6.61 Å². The topological polar surface area (TPSA) is 41.7 Å². The summed E-state index contributed by atoms with van der Waals surface area (Å²) in [5.41, 5.74) is 7.80. The number of hydrogen-bond donors (Lipinski definition) is 1. The van der Waals surface area contributed by atoms with Gasteiger partial charge in [-0.1, -0.05) is 6.92 Å². The van der Waals surface area contributed by atoms with Gasteiger partial charge in [-0.05, 0) is 39.5 Å². The van der Waals surface area contributed by atoms with Crippen LogP contribution >= 0.6 is 0 Å². The molecule has 0 unspecified atom stereocenters. The van der Waals surface area contributed by atoms with E-state index in [0.717, 1.165) is 49.7 Å². The van der Waals surface area contributed by atoms with Gasteiger partial charge in [0, 0.05) is 37.1 Å². The standard InChI is InChI=1S/C15H27N3O/c1-5-9-19-15-11-13(16)10-14(12-15)18(4)8-6-7-17(2)3/h10-12H,5-9,16H2,1-4H3. The molecule has 0 saturated heterocycles. The molecule has 0 aliphatic carbocycles. The molecule has 1 aromatic carbocycles. The van der Waals surface area contributed by atoms with Gasteiger partial charge in [-0.15, -0.1) is 0 Å². The monoisotopic (exact) mass is 265 g/mol. The quantitative estimate of drug-likeness (QED) is 0.733. The normalized spacial score (nSPS) is 10.8. The van der Waals surface area contributed by atoms with Crippen molar-refractivity contribution in [1.82, 2.24) is 4.90 Å². The summed E-state index contributed by atoms with van der Waals surface area (Å²) in [6.07, 6.45) is 2.13. The van der Waals surface area contributed by atoms with Gasteiger partial charge in [0.25, 0.3) is 0 Å². The highest BCUT2D eigenvalue weighted by Gasteiger charge is 2.05. The Morgan fingerprint density at radius 2 is 1.84 bits per heavy atom. The molecule has 0 heterocycles. The Bertz CT molecular complexity index is 380. The van der Waals surface area contributed by atoms with Crippen molar-refractivity contribution in [2.75, 3.05) is 51.5 Å². The molecular weight excluding hydrogens is 238 g/mol. The van der Waals surface area contributed by atoms with Gasteiger partial charge < -0.3 is 20.3 Å². The molecule has 0 spiro atoms. The molecule has 0 radical (unpaired) electrons. The zero-order valence-electron chi connectivity index (χ0n) is 12.6. The minimum Gasteiger partial charge on any atom is -0.493 e. The average Bonchev–Trinajstić information content (AvgIpc) is 2.35. The van der Waals surface area contributed by atoms with Crippen molar-refractivity contribution in [3.05, 3.63) is 18.2 Å². The molecule has 0 amide bonds. The third-order valence-electron chi connectivity index (χ3n) is 2.93. The second kappa shape index (κ2) is 7.89. The van der Waals surface area contributed by atoms with Crippen LogP contribution in [-0.2, 0) is 0 Å². The Kier molecular flexibility index (Phi) is 6.50. The van der Waals surface area contributed by atoms with E-state index in [1.807, 2.05) is 12.1 Å². The first-order valence-corrected chi connectivity index (χ1v) is 6.92. The van der Waals surface area contributed by atoms with Crippen molar-refractivity contribution in [3.8, 4) is 5.75 Å². The van der Waals surface area contributed by atoms with E-state index in [-0.39, 0.29) is 0 Å². The molecule has 2 N–H and O–H groups in total. The molecule has 0 saturated carbocycles. The third kappa shape index (κ3) is 5.83. The fourth-order valence-corrected chi connectivity index (χ4v) is 1.88. The van der Waals surface area contributed by atoms with Crippen molar-refractivity contribution in [2.45, 2.75) is 19.8 Å². The lowest BCUT2D eigenvalue weighted by Gasteiger charge is -2.21. The van der Waals surface area contributed by atoms with Gasteiger partial charge in [-0.25, -0.2) is 0 Å². The zero-order valence-corrected chi connectivity index (χ0v) is 12.6. The first-order valence-electron chi connectivity index (χ1n) is 6.92. The number of anilines is 2. The van der Waals surface area contributed by atoms with E-state index in [4.69, 9.17) is 10.5 Å². The Morgan fingerprint density at radius 1 is 1.11 bits per heavy atom. The molecular formula is C15H27N3O. The number of nitrogen functional groups attached to an aromatic ring is 1. The number of rotatable bonds is 8. The molecule has 19 heavy (non-hydrogen) atoms. The summed E-state index contributed by atoms with van der Waals surface area (Å²) >= 11 is 0. The Hall–Kier alpha value is -1.42. The molecule has 0 aromatic heterocycles. The molecule has 1 rings (SSSR count). The molecule has 0 aliphatic rings. The van der Waals surface area contributed by atoms with Crippen LogP contribution < -0.4 is 15.4 Å². The van der Waals surface area contributed by atoms with Crippen LogP contribution in [0.5, 0.6) is 5.75 Å². The fraction of sp³-hybridized carbons (Fsp3) is 0.600. The van der Waals surface area contributed by atoms with Gasteiger partial charge in [-0.2, -0.15) is 0 Å². The van der Waals surface area contributed by atoms with Crippen molar-refractivity contribution in [3.63, 3.8) is 0 Å². The molecule has 0 fully saturated rings. The van der Waals surface area contributed by atoms with E-state index >= 15 is 0 Å². The summed E-state index contributed by atoms with van der Waals surface area (Å²) in [6.45, 7) is 4.93. The number of nitrogens with two attached hydrogens (primary N) is 1. The summed E-state index contributed by atoms with van der Waals surface area (Å²) < 4.78 is 5.65. The molecule has 1 aromatic rings. The van der Waals surface area contributed by atoms with Crippen LogP contribution in [0.15, 0.2) is 18.2 Å². The molecule has 0 aliphatic heterocycles. The minimum atomic E-state index is 0.729. The van der Waals surface area contributed by atoms with Crippen molar-refractivity contribution in [1.29, 1.82) is 0 Å². The van der Waals surface area contributed by atoms with Gasteiger partial charge in [0.2, 0.25) is 0 Å². The highest BCUT2D eigenvalue weighted by Crippen LogP contribution is 2.25. The predicted octanol–water partition coefficient (Wildman–Crippen LogP) is 2.45. The van der Waals surface area contributed by atoms with E-state index in [0.29, 0.717) is 0 Å². The zero-order chi connectivity index (χ0) is 14.3. The first-order chi connectivity index (χ1) is 9.02. The predicted molar refractivity (Wildman–Crippen MR) is 83.1 cm³/mol. The summed E-state index contributed by atoms with van der Waals surface area (Å²) in [4.78, 5) is 4.42. The second-order valence-electron chi connectivity index (χ2n) is 5.19. The summed E-state index contributed by atoms with van der Waals surface area (Å²) in [5, 5.41) is 0. The molecule has 0 atom stereocenters. The summed E-state index contributed by atoms with van der Waals surface area (Å²) in [6, 6.07) is 5.93. The largest absolute Gasteiger partial charge is 0.493 e. The van der Waals surface area contributed by atoms with Crippen LogP contribution in [0.4, 0.5) is 11.4 Å². The van der Waals surface area contributed by atoms with Crippen LogP contribution in [0.2, 0.25) is 0 Å². The fourth-order valence-electron chi connectivity index (χ4n) is 1.88. The van der Waals surface area contributed by atoms with Crippen LogP contribution in [0.3, 0.4) is 0 Å². The van der Waals surface area contributed by atoms with Crippen molar-refractivity contribution in [2.24, 2.45) is 0 Å². The van der Waals surface area contributed by atoms with Gasteiger partial charge in [-0.3, -0.25) is 0 Å². The van der Waals surface area contributed by atoms with E-state index in [1.54, 1.807) is 0 Å². The Labute approximate surface area is 117 Å². The maximum Gasteiger partial charge on any atom is 0.123 e. The highest BCUT2D eigenvalue weighted by molar-refractivity contribution is 5.60. The van der Waals surface area contributed by atoms with Crippen LogP contribution in [0, 0.1) is 0 Å². The Morgan fingerprint density at radius 3 is 2.47 bits per heavy atom. The van der Waals surface area contributed by atoms with E-state index in [9.17, 15) is 0 Å². The molecule has 108 valence electrons. The lowest BCUT2D eigenvalue weighted by atomic mass is 10.2. The van der Waals surface area contributed by atoms with E-state index in [2.05, 4.69) is 43.9 Å². The Balaban J connectivity index is 2.62. The van der Waals surface area contributed by atoms with Gasteiger partial charge in [0.15, 0.2) is 0 Å². The number of benzene rings is 1. The van der Waals surface area contributed by atoms with Crippen molar-refractivity contribution < 1.29 is 4.74 Å².